The fourth-order valence-electron chi connectivity index (χ4n) is 1.30. The lowest BCUT2D eigenvalue weighted by Crippen LogP contribution is -2.27. The molecule has 0 aliphatic heterocycles. The first-order valence-electron chi connectivity index (χ1n) is 5.53. The molecule has 0 radical (unpaired) electrons. The Labute approximate surface area is 113 Å². The van der Waals surface area contributed by atoms with Gasteiger partial charge in [0.05, 0.1) is 15.9 Å². The minimum atomic E-state index is -0.880. The molecule has 1 amide bonds. The van der Waals surface area contributed by atoms with Crippen LogP contribution in [0.3, 0.4) is 0 Å². The molecule has 1 N–H and O–H groups in total. The highest BCUT2D eigenvalue weighted by Gasteiger charge is 2.23. The number of anilines is 1. The lowest BCUT2D eigenvalue weighted by atomic mass is 10.2. The summed E-state index contributed by atoms with van der Waals surface area (Å²) in [6, 6.07) is 2.91. The molecular formula is C11H13N3O6. The average Bonchev–Trinajstić information content (AvgIpc) is 2.25. The number of nitrogens with one attached hydrogen (secondary N) is 1. The zero-order valence-electron chi connectivity index (χ0n) is 11.1. The molecule has 0 saturated carbocycles. The molecule has 0 saturated heterocycles. The molecule has 9 nitrogen and oxygen atoms in total. The number of nitro benzene ring substituents is 2. The van der Waals surface area contributed by atoms with Crippen LogP contribution in [0.2, 0.25) is 0 Å². The minimum absolute atomic E-state index is 0.171. The first-order chi connectivity index (χ1) is 9.10. The summed E-state index contributed by atoms with van der Waals surface area (Å²) in [4.78, 5) is 31.4. The average molecular weight is 283 g/mol. The van der Waals surface area contributed by atoms with Gasteiger partial charge >= 0.3 is 6.09 Å². The molecule has 1 aromatic rings. The first-order valence-corrected chi connectivity index (χ1v) is 5.53. The van der Waals surface area contributed by atoms with Crippen LogP contribution in [-0.4, -0.2) is 21.5 Å². The summed E-state index contributed by atoms with van der Waals surface area (Å²) in [5.41, 5.74) is -1.95. The Morgan fingerprint density at radius 3 is 2.25 bits per heavy atom. The number of benzene rings is 1. The third-order valence-electron chi connectivity index (χ3n) is 2.02. The van der Waals surface area contributed by atoms with Crippen LogP contribution in [0.1, 0.15) is 20.8 Å². The number of carbonyl (C=O) groups is 1. The van der Waals surface area contributed by atoms with E-state index >= 15 is 0 Å². The highest BCUT2D eigenvalue weighted by Crippen LogP contribution is 2.29. The second-order valence-electron chi connectivity index (χ2n) is 4.84. The number of amides is 1. The van der Waals surface area contributed by atoms with E-state index in [1.807, 2.05) is 0 Å². The molecule has 20 heavy (non-hydrogen) atoms. The highest BCUT2D eigenvalue weighted by atomic mass is 16.6. The third kappa shape index (κ3) is 4.19. The molecule has 1 rings (SSSR count). The van der Waals surface area contributed by atoms with Crippen molar-refractivity contribution in [3.05, 3.63) is 38.4 Å². The molecule has 0 aliphatic carbocycles. The smallest absolute Gasteiger partial charge is 0.412 e. The van der Waals surface area contributed by atoms with E-state index in [1.165, 1.54) is 0 Å². The van der Waals surface area contributed by atoms with Crippen molar-refractivity contribution in [2.75, 3.05) is 5.32 Å². The lowest BCUT2D eigenvalue weighted by molar-refractivity contribution is -0.393. The van der Waals surface area contributed by atoms with Crippen molar-refractivity contribution in [3.8, 4) is 0 Å². The second-order valence-corrected chi connectivity index (χ2v) is 4.84. The van der Waals surface area contributed by atoms with Crippen molar-refractivity contribution in [2.45, 2.75) is 26.4 Å². The molecule has 1 aromatic carbocycles. The van der Waals surface area contributed by atoms with Crippen LogP contribution in [0.25, 0.3) is 0 Å². The molecule has 0 unspecified atom stereocenters. The first kappa shape index (κ1) is 15.3. The molecular weight excluding hydrogens is 270 g/mol. The monoisotopic (exact) mass is 283 g/mol. The summed E-state index contributed by atoms with van der Waals surface area (Å²) in [7, 11) is 0. The van der Waals surface area contributed by atoms with Crippen molar-refractivity contribution in [1.82, 2.24) is 0 Å². The number of hydrogen-bond donors (Lipinski definition) is 1. The Kier molecular flexibility index (Phi) is 4.23. The van der Waals surface area contributed by atoms with Gasteiger partial charge in [-0.3, -0.25) is 25.5 Å². The SMILES string of the molecule is CC(C)(C)OC(=O)Nc1ccc([N+](=O)[O-])cc1[N+](=O)[O-]. The van der Waals surface area contributed by atoms with Gasteiger partial charge in [-0.2, -0.15) is 0 Å². The van der Waals surface area contributed by atoms with E-state index in [1.54, 1.807) is 20.8 Å². The molecule has 9 heteroatoms. The van der Waals surface area contributed by atoms with Crippen LogP contribution < -0.4 is 5.32 Å². The van der Waals surface area contributed by atoms with Crippen LogP contribution in [0.5, 0.6) is 0 Å². The van der Waals surface area contributed by atoms with Gasteiger partial charge in [0.2, 0.25) is 0 Å². The molecule has 0 bridgehead atoms. The number of nitro groups is 2. The topological polar surface area (TPSA) is 125 Å². The zero-order chi connectivity index (χ0) is 15.5. The van der Waals surface area contributed by atoms with Crippen LogP contribution in [0.15, 0.2) is 18.2 Å². The number of carbonyl (C=O) groups excluding carboxylic acids is 1. The van der Waals surface area contributed by atoms with Crippen molar-refractivity contribution in [2.24, 2.45) is 0 Å². The Morgan fingerprint density at radius 1 is 1.20 bits per heavy atom. The van der Waals surface area contributed by atoms with Gasteiger partial charge in [0.15, 0.2) is 0 Å². The van der Waals surface area contributed by atoms with Gasteiger partial charge in [-0.25, -0.2) is 4.79 Å². The van der Waals surface area contributed by atoms with Crippen molar-refractivity contribution in [1.29, 1.82) is 0 Å². The Bertz CT molecular complexity index is 564. The quantitative estimate of drug-likeness (QED) is 0.671. The number of hydrogen-bond acceptors (Lipinski definition) is 6. The maximum atomic E-state index is 11.5. The molecule has 0 spiro atoms. The maximum absolute atomic E-state index is 11.5. The van der Waals surface area contributed by atoms with E-state index in [-0.39, 0.29) is 5.69 Å². The molecule has 0 heterocycles. The number of non-ortho nitro benzene ring substituents is 1. The standard InChI is InChI=1S/C11H13N3O6/c1-11(2,3)20-10(15)12-8-5-4-7(13(16)17)6-9(8)14(18)19/h4-6H,1-3H3,(H,12,15). The number of ether oxygens (including phenoxy) is 1. The van der Waals surface area contributed by atoms with Gasteiger partial charge in [0.1, 0.15) is 11.3 Å². The third-order valence-corrected chi connectivity index (χ3v) is 2.02. The van der Waals surface area contributed by atoms with Crippen molar-refractivity contribution < 1.29 is 19.4 Å². The Hall–Kier alpha value is -2.71. The van der Waals surface area contributed by atoms with Crippen LogP contribution in [0.4, 0.5) is 21.9 Å². The summed E-state index contributed by atoms with van der Waals surface area (Å²) < 4.78 is 4.95. The van der Waals surface area contributed by atoms with Crippen LogP contribution in [-0.2, 0) is 4.74 Å². The molecule has 0 aliphatic rings. The molecule has 0 aromatic heterocycles. The van der Waals surface area contributed by atoms with Gasteiger partial charge in [-0.1, -0.05) is 0 Å². The summed E-state index contributed by atoms with van der Waals surface area (Å²) in [6.07, 6.45) is -0.880. The normalized spacial score (nSPS) is 10.8. The van der Waals surface area contributed by atoms with Gasteiger partial charge < -0.3 is 4.74 Å². The predicted molar refractivity (Wildman–Crippen MR) is 69.6 cm³/mol. The fourth-order valence-corrected chi connectivity index (χ4v) is 1.30. The van der Waals surface area contributed by atoms with Gasteiger partial charge in [-0.05, 0) is 26.8 Å². The van der Waals surface area contributed by atoms with Crippen LogP contribution >= 0.6 is 0 Å². The summed E-state index contributed by atoms with van der Waals surface area (Å²) in [6.45, 7) is 4.91. The van der Waals surface area contributed by atoms with Crippen molar-refractivity contribution in [3.63, 3.8) is 0 Å². The number of rotatable bonds is 3. The van der Waals surface area contributed by atoms with Gasteiger partial charge in [-0.15, -0.1) is 0 Å². The van der Waals surface area contributed by atoms with E-state index in [2.05, 4.69) is 5.32 Å². The summed E-state index contributed by atoms with van der Waals surface area (Å²) in [5.74, 6) is 0. The van der Waals surface area contributed by atoms with E-state index in [9.17, 15) is 25.0 Å². The zero-order valence-corrected chi connectivity index (χ0v) is 11.1. The van der Waals surface area contributed by atoms with Gasteiger partial charge in [0, 0.05) is 6.07 Å². The summed E-state index contributed by atoms with van der Waals surface area (Å²) in [5, 5.41) is 23.6. The maximum Gasteiger partial charge on any atom is 0.412 e. The molecule has 0 atom stereocenters. The van der Waals surface area contributed by atoms with E-state index < -0.39 is 32.9 Å². The second kappa shape index (κ2) is 5.51. The molecule has 0 fully saturated rings. The highest BCUT2D eigenvalue weighted by molar-refractivity contribution is 5.88. The van der Waals surface area contributed by atoms with Gasteiger partial charge in [0.25, 0.3) is 11.4 Å². The Balaban J connectivity index is 3.03. The Morgan fingerprint density at radius 2 is 1.80 bits per heavy atom. The molecule has 108 valence electrons. The fraction of sp³-hybridized carbons (Fsp3) is 0.364. The van der Waals surface area contributed by atoms with Crippen molar-refractivity contribution >= 4 is 23.2 Å². The number of nitrogens with zero attached hydrogens (tertiary/aromatic N) is 2. The minimum Gasteiger partial charge on any atom is -0.444 e. The van der Waals surface area contributed by atoms with Crippen LogP contribution in [0, 0.1) is 20.2 Å². The predicted octanol–water partition coefficient (Wildman–Crippen LogP) is 2.85. The largest absolute Gasteiger partial charge is 0.444 e. The lowest BCUT2D eigenvalue weighted by Gasteiger charge is -2.19. The summed E-state index contributed by atoms with van der Waals surface area (Å²) >= 11 is 0. The van der Waals surface area contributed by atoms with E-state index in [0.717, 1.165) is 18.2 Å². The van der Waals surface area contributed by atoms with E-state index in [4.69, 9.17) is 4.74 Å². The van der Waals surface area contributed by atoms with E-state index in [0.29, 0.717) is 0 Å².